The van der Waals surface area contributed by atoms with Crippen molar-refractivity contribution in [2.45, 2.75) is 0 Å². The molecule has 106 valence electrons. The predicted molar refractivity (Wildman–Crippen MR) is 91.7 cm³/mol. The van der Waals surface area contributed by atoms with Crippen molar-refractivity contribution in [2.75, 3.05) is 5.32 Å². The van der Waals surface area contributed by atoms with Crippen LogP contribution >= 0.6 is 45.5 Å². The van der Waals surface area contributed by atoms with Crippen molar-refractivity contribution in [3.63, 3.8) is 0 Å². The molecule has 0 aliphatic rings. The van der Waals surface area contributed by atoms with E-state index in [0.29, 0.717) is 25.9 Å². The van der Waals surface area contributed by atoms with Gasteiger partial charge in [-0.05, 0) is 59.0 Å². The molecule has 3 nitrogen and oxygen atoms in total. The number of anilines is 1. The van der Waals surface area contributed by atoms with Gasteiger partial charge in [0.15, 0.2) is 5.13 Å². The van der Waals surface area contributed by atoms with Crippen LogP contribution in [0.2, 0.25) is 5.02 Å². The molecular weight excluding hydrogens is 426 g/mol. The van der Waals surface area contributed by atoms with E-state index in [1.165, 1.54) is 23.5 Å². The second-order valence-corrected chi connectivity index (χ2v) is 6.89. The zero-order valence-electron chi connectivity index (χ0n) is 10.4. The van der Waals surface area contributed by atoms with Gasteiger partial charge in [-0.15, -0.1) is 0 Å². The van der Waals surface area contributed by atoms with Gasteiger partial charge in [-0.25, -0.2) is 9.37 Å². The van der Waals surface area contributed by atoms with Crippen LogP contribution in [0, 0.1) is 9.39 Å². The Balaban J connectivity index is 1.90. The summed E-state index contributed by atoms with van der Waals surface area (Å²) in [6.07, 6.45) is 0. The van der Waals surface area contributed by atoms with Crippen molar-refractivity contribution < 1.29 is 9.18 Å². The zero-order valence-corrected chi connectivity index (χ0v) is 14.1. The lowest BCUT2D eigenvalue weighted by molar-refractivity contribution is 0.102. The van der Waals surface area contributed by atoms with Gasteiger partial charge in [-0.3, -0.25) is 10.1 Å². The number of hydrogen-bond acceptors (Lipinski definition) is 3. The number of fused-ring (bicyclic) bond motifs is 1. The first kappa shape index (κ1) is 14.7. The summed E-state index contributed by atoms with van der Waals surface area (Å²) in [6.45, 7) is 0. The Hall–Kier alpha value is -1.25. The highest BCUT2D eigenvalue weighted by molar-refractivity contribution is 14.1. The first-order chi connectivity index (χ1) is 10.0. The number of thiazole rings is 1. The third kappa shape index (κ3) is 3.17. The molecule has 2 aromatic carbocycles. The van der Waals surface area contributed by atoms with Gasteiger partial charge < -0.3 is 0 Å². The molecule has 1 heterocycles. The Morgan fingerprint density at radius 2 is 2.10 bits per heavy atom. The molecule has 0 aliphatic heterocycles. The Bertz CT molecular complexity index is 852. The standard InChI is InChI=1S/C14H7ClFIN2OS/c15-10-3-2-8(17)6-9(10)13(20)19-14-18-11-4-1-7(16)5-12(11)21-14/h1-6H,(H,18,19,20). The van der Waals surface area contributed by atoms with Gasteiger partial charge >= 0.3 is 0 Å². The van der Waals surface area contributed by atoms with Crippen molar-refractivity contribution in [2.24, 2.45) is 0 Å². The second-order valence-electron chi connectivity index (χ2n) is 4.21. The highest BCUT2D eigenvalue weighted by Gasteiger charge is 2.13. The van der Waals surface area contributed by atoms with Gasteiger partial charge in [0, 0.05) is 3.57 Å². The lowest BCUT2D eigenvalue weighted by Gasteiger charge is -2.04. The largest absolute Gasteiger partial charge is 0.298 e. The van der Waals surface area contributed by atoms with Crippen molar-refractivity contribution in [1.29, 1.82) is 0 Å². The SMILES string of the molecule is O=C(Nc1nc2ccc(F)cc2s1)c1cc(I)ccc1Cl. The van der Waals surface area contributed by atoms with E-state index in [1.54, 1.807) is 18.2 Å². The van der Waals surface area contributed by atoms with Crippen LogP contribution in [0.15, 0.2) is 36.4 Å². The number of rotatable bonds is 2. The molecule has 0 unspecified atom stereocenters. The number of nitrogens with zero attached hydrogens (tertiary/aromatic N) is 1. The lowest BCUT2D eigenvalue weighted by Crippen LogP contribution is -2.12. The highest BCUT2D eigenvalue weighted by atomic mass is 127. The van der Waals surface area contributed by atoms with E-state index in [4.69, 9.17) is 11.6 Å². The van der Waals surface area contributed by atoms with E-state index >= 15 is 0 Å². The molecule has 0 fully saturated rings. The fourth-order valence-electron chi connectivity index (χ4n) is 1.79. The van der Waals surface area contributed by atoms with Crippen molar-refractivity contribution >= 4 is 66.8 Å². The number of benzene rings is 2. The summed E-state index contributed by atoms with van der Waals surface area (Å²) < 4.78 is 14.7. The number of amides is 1. The highest BCUT2D eigenvalue weighted by Crippen LogP contribution is 2.27. The van der Waals surface area contributed by atoms with Crippen LogP contribution in [0.4, 0.5) is 9.52 Å². The molecule has 0 bridgehead atoms. The maximum Gasteiger partial charge on any atom is 0.258 e. The molecule has 21 heavy (non-hydrogen) atoms. The first-order valence-electron chi connectivity index (χ1n) is 5.85. The first-order valence-corrected chi connectivity index (χ1v) is 8.13. The quantitative estimate of drug-likeness (QED) is 0.583. The van der Waals surface area contributed by atoms with Gasteiger partial charge in [0.05, 0.1) is 20.8 Å². The van der Waals surface area contributed by atoms with Crippen LogP contribution in [-0.4, -0.2) is 10.9 Å². The van der Waals surface area contributed by atoms with Crippen LogP contribution in [0.5, 0.6) is 0 Å². The summed E-state index contributed by atoms with van der Waals surface area (Å²) in [6, 6.07) is 9.50. The summed E-state index contributed by atoms with van der Waals surface area (Å²) in [5.74, 6) is -0.664. The fourth-order valence-corrected chi connectivity index (χ4v) is 3.37. The second kappa shape index (κ2) is 5.86. The summed E-state index contributed by atoms with van der Waals surface area (Å²) in [5.41, 5.74) is 1.03. The predicted octanol–water partition coefficient (Wildman–Crippen LogP) is 4.95. The average Bonchev–Trinajstić information content (AvgIpc) is 2.82. The number of carbonyl (C=O) groups excluding carboxylic acids is 1. The van der Waals surface area contributed by atoms with E-state index < -0.39 is 0 Å². The summed E-state index contributed by atoms with van der Waals surface area (Å²) in [7, 11) is 0. The van der Waals surface area contributed by atoms with E-state index in [9.17, 15) is 9.18 Å². The molecule has 0 saturated carbocycles. The third-order valence-electron chi connectivity index (χ3n) is 2.74. The van der Waals surface area contributed by atoms with Crippen LogP contribution < -0.4 is 5.32 Å². The number of halogens is 3. The Morgan fingerprint density at radius 1 is 1.29 bits per heavy atom. The third-order valence-corrected chi connectivity index (χ3v) is 4.68. The van der Waals surface area contributed by atoms with E-state index in [0.717, 1.165) is 3.57 Å². The van der Waals surface area contributed by atoms with Crippen molar-refractivity contribution in [3.8, 4) is 0 Å². The Labute approximate surface area is 142 Å². The molecule has 0 atom stereocenters. The van der Waals surface area contributed by atoms with Crippen LogP contribution in [0.25, 0.3) is 10.2 Å². The van der Waals surface area contributed by atoms with E-state index in [1.807, 2.05) is 6.07 Å². The van der Waals surface area contributed by atoms with Gasteiger partial charge in [-0.1, -0.05) is 22.9 Å². The molecule has 0 spiro atoms. The molecule has 1 amide bonds. The minimum absolute atomic E-state index is 0.329. The monoisotopic (exact) mass is 432 g/mol. The number of carbonyl (C=O) groups is 1. The van der Waals surface area contributed by atoms with Crippen LogP contribution in [-0.2, 0) is 0 Å². The topological polar surface area (TPSA) is 42.0 Å². The summed E-state index contributed by atoms with van der Waals surface area (Å²) >= 11 is 9.35. The number of nitrogens with one attached hydrogen (secondary N) is 1. The molecule has 7 heteroatoms. The maximum atomic E-state index is 13.1. The number of hydrogen-bond donors (Lipinski definition) is 1. The Morgan fingerprint density at radius 3 is 2.90 bits per heavy atom. The van der Waals surface area contributed by atoms with E-state index in [2.05, 4.69) is 32.9 Å². The van der Waals surface area contributed by atoms with Gasteiger partial charge in [0.1, 0.15) is 5.82 Å². The molecule has 0 saturated heterocycles. The van der Waals surface area contributed by atoms with Gasteiger partial charge in [0.25, 0.3) is 5.91 Å². The molecule has 1 N–H and O–H groups in total. The maximum absolute atomic E-state index is 13.1. The fraction of sp³-hybridized carbons (Fsp3) is 0. The smallest absolute Gasteiger partial charge is 0.258 e. The van der Waals surface area contributed by atoms with Gasteiger partial charge in [-0.2, -0.15) is 0 Å². The van der Waals surface area contributed by atoms with Crippen molar-refractivity contribution in [1.82, 2.24) is 4.98 Å². The molecule has 3 rings (SSSR count). The van der Waals surface area contributed by atoms with E-state index in [-0.39, 0.29) is 11.7 Å². The normalized spacial score (nSPS) is 10.8. The molecule has 1 aromatic heterocycles. The molecule has 0 radical (unpaired) electrons. The van der Waals surface area contributed by atoms with Crippen molar-refractivity contribution in [3.05, 3.63) is 56.4 Å². The molecular formula is C14H7ClFIN2OS. The zero-order chi connectivity index (χ0) is 15.0. The molecule has 3 aromatic rings. The summed E-state index contributed by atoms with van der Waals surface area (Å²) in [4.78, 5) is 16.5. The lowest BCUT2D eigenvalue weighted by atomic mass is 10.2. The van der Waals surface area contributed by atoms with Crippen LogP contribution in [0.1, 0.15) is 10.4 Å². The minimum Gasteiger partial charge on any atom is -0.298 e. The summed E-state index contributed by atoms with van der Waals surface area (Å²) in [5, 5.41) is 3.48. The minimum atomic E-state index is -0.335. The Kier molecular flexibility index (Phi) is 4.10. The number of aromatic nitrogens is 1. The average molecular weight is 433 g/mol. The molecule has 0 aliphatic carbocycles. The van der Waals surface area contributed by atoms with Gasteiger partial charge in [0.2, 0.25) is 0 Å². The van der Waals surface area contributed by atoms with Crippen LogP contribution in [0.3, 0.4) is 0 Å².